The average Bonchev–Trinajstić information content (AvgIpc) is 3.43. The molecular weight excluding hydrogens is 310 g/mol. The number of likely N-dealkylation sites (tertiary alicyclic amines) is 1. The number of ether oxygens (including phenoxy) is 1. The van der Waals surface area contributed by atoms with Gasteiger partial charge < -0.3 is 15.0 Å². The molecule has 130 valence electrons. The highest BCUT2D eigenvalue weighted by molar-refractivity contribution is 5.95. The fraction of sp³-hybridized carbons (Fsp3) is 0.588. The van der Waals surface area contributed by atoms with Gasteiger partial charge in [-0.15, -0.1) is 0 Å². The highest BCUT2D eigenvalue weighted by Crippen LogP contribution is 2.29. The normalized spacial score (nSPS) is 18.5. The van der Waals surface area contributed by atoms with Crippen LogP contribution >= 0.6 is 0 Å². The van der Waals surface area contributed by atoms with Crippen molar-refractivity contribution in [3.8, 4) is 5.75 Å². The molecule has 1 N–H and O–H groups in total. The van der Waals surface area contributed by atoms with Gasteiger partial charge in [-0.3, -0.25) is 14.9 Å². The maximum Gasteiger partial charge on any atom is 0.310 e. The van der Waals surface area contributed by atoms with Gasteiger partial charge in [-0.25, -0.2) is 0 Å². The van der Waals surface area contributed by atoms with E-state index in [1.807, 2.05) is 4.90 Å². The topological polar surface area (TPSA) is 84.7 Å². The Balaban J connectivity index is 1.59. The van der Waals surface area contributed by atoms with Crippen molar-refractivity contribution in [2.24, 2.45) is 5.92 Å². The molecule has 7 heteroatoms. The van der Waals surface area contributed by atoms with Crippen LogP contribution in [0, 0.1) is 16.0 Å². The predicted molar refractivity (Wildman–Crippen MR) is 89.3 cm³/mol. The third-order valence-corrected chi connectivity index (χ3v) is 4.80. The van der Waals surface area contributed by atoms with Crippen LogP contribution in [0.1, 0.15) is 36.0 Å². The van der Waals surface area contributed by atoms with E-state index in [0.717, 1.165) is 25.3 Å². The first-order chi connectivity index (χ1) is 11.6. The summed E-state index contributed by atoms with van der Waals surface area (Å²) in [5.74, 6) is 0.882. The fourth-order valence-corrected chi connectivity index (χ4v) is 3.09. The molecule has 0 radical (unpaired) electrons. The maximum absolute atomic E-state index is 12.6. The number of nitrogens with zero attached hydrogens (tertiary/aromatic N) is 2. The Hall–Kier alpha value is -2.15. The minimum Gasteiger partial charge on any atom is -0.490 e. The molecular formula is C17H23N3O4. The molecule has 1 amide bonds. The molecule has 1 aliphatic heterocycles. The van der Waals surface area contributed by atoms with Crippen molar-refractivity contribution < 1.29 is 14.5 Å². The summed E-state index contributed by atoms with van der Waals surface area (Å²) in [6.45, 7) is 2.51. The first kappa shape index (κ1) is 16.7. The zero-order valence-electron chi connectivity index (χ0n) is 13.9. The molecule has 1 aliphatic carbocycles. The van der Waals surface area contributed by atoms with E-state index in [1.165, 1.54) is 38.2 Å². The van der Waals surface area contributed by atoms with E-state index in [4.69, 9.17) is 4.74 Å². The second-order valence-corrected chi connectivity index (χ2v) is 6.56. The Morgan fingerprint density at radius 2 is 2.04 bits per heavy atom. The van der Waals surface area contributed by atoms with Crippen LogP contribution in [-0.2, 0) is 0 Å². The molecule has 2 fully saturated rings. The Morgan fingerprint density at radius 1 is 1.33 bits per heavy atom. The lowest BCUT2D eigenvalue weighted by Crippen LogP contribution is -2.45. The summed E-state index contributed by atoms with van der Waals surface area (Å²) in [7, 11) is 1.37. The number of rotatable bonds is 6. The third-order valence-electron chi connectivity index (χ3n) is 4.80. The van der Waals surface area contributed by atoms with E-state index in [1.54, 1.807) is 0 Å². The second-order valence-electron chi connectivity index (χ2n) is 6.56. The minimum atomic E-state index is -0.510. The maximum atomic E-state index is 12.6. The van der Waals surface area contributed by atoms with Crippen molar-refractivity contribution in [3.05, 3.63) is 33.9 Å². The van der Waals surface area contributed by atoms with Crippen molar-refractivity contribution >= 4 is 11.6 Å². The number of hydrogen-bond acceptors (Lipinski definition) is 5. The molecule has 1 saturated heterocycles. The third kappa shape index (κ3) is 3.84. The number of carbonyl (C=O) groups is 1. The molecule has 0 atom stereocenters. The Kier molecular flexibility index (Phi) is 4.99. The van der Waals surface area contributed by atoms with Gasteiger partial charge >= 0.3 is 5.69 Å². The number of nitrogens with one attached hydrogen (secondary N) is 1. The number of hydrogen-bond donors (Lipinski definition) is 1. The Morgan fingerprint density at radius 3 is 2.62 bits per heavy atom. The van der Waals surface area contributed by atoms with Crippen molar-refractivity contribution in [3.63, 3.8) is 0 Å². The van der Waals surface area contributed by atoms with E-state index in [2.05, 4.69) is 5.32 Å². The molecule has 24 heavy (non-hydrogen) atoms. The van der Waals surface area contributed by atoms with Crippen LogP contribution in [0.3, 0.4) is 0 Å². The predicted octanol–water partition coefficient (Wildman–Crippen LogP) is 2.21. The lowest BCUT2D eigenvalue weighted by molar-refractivity contribution is -0.385. The van der Waals surface area contributed by atoms with Crippen LogP contribution in [-0.4, -0.2) is 48.5 Å². The highest BCUT2D eigenvalue weighted by Gasteiger charge is 2.27. The molecule has 1 saturated carbocycles. The summed E-state index contributed by atoms with van der Waals surface area (Å²) in [5.41, 5.74) is 0.305. The van der Waals surface area contributed by atoms with E-state index in [0.29, 0.717) is 24.7 Å². The van der Waals surface area contributed by atoms with Crippen LogP contribution in [0.15, 0.2) is 18.2 Å². The molecule has 3 rings (SSSR count). The zero-order valence-corrected chi connectivity index (χ0v) is 13.9. The van der Waals surface area contributed by atoms with Crippen LogP contribution < -0.4 is 10.1 Å². The first-order valence-corrected chi connectivity index (χ1v) is 8.43. The Bertz CT molecular complexity index is 622. The zero-order chi connectivity index (χ0) is 17.1. The van der Waals surface area contributed by atoms with Crippen molar-refractivity contribution in [1.82, 2.24) is 10.2 Å². The van der Waals surface area contributed by atoms with Crippen LogP contribution in [0.5, 0.6) is 5.75 Å². The quantitative estimate of drug-likeness (QED) is 0.637. The number of nitro benzene ring substituents is 1. The number of amides is 1. The molecule has 0 spiro atoms. The number of nitro groups is 1. The smallest absolute Gasteiger partial charge is 0.310 e. The SMILES string of the molecule is COc1cc(C(=O)N2CCC(NCC3CC3)CC2)ccc1[N+](=O)[O-]. The molecule has 1 heterocycles. The molecule has 1 aromatic carbocycles. The fourth-order valence-electron chi connectivity index (χ4n) is 3.09. The molecule has 0 unspecified atom stereocenters. The van der Waals surface area contributed by atoms with Gasteiger partial charge in [0.2, 0.25) is 0 Å². The van der Waals surface area contributed by atoms with Gasteiger partial charge in [0.05, 0.1) is 12.0 Å². The van der Waals surface area contributed by atoms with Crippen molar-refractivity contribution in [2.75, 3.05) is 26.7 Å². The molecule has 0 aromatic heterocycles. The molecule has 7 nitrogen and oxygen atoms in total. The standard InChI is InChI=1S/C17H23N3O4/c1-24-16-10-13(4-5-15(16)20(22)23)17(21)19-8-6-14(7-9-19)18-11-12-2-3-12/h4-5,10,12,14,18H,2-3,6-9,11H2,1H3. The summed E-state index contributed by atoms with van der Waals surface area (Å²) in [4.78, 5) is 24.9. The summed E-state index contributed by atoms with van der Waals surface area (Å²) in [5, 5.41) is 14.5. The Labute approximate surface area is 141 Å². The summed E-state index contributed by atoms with van der Waals surface area (Å²) >= 11 is 0. The van der Waals surface area contributed by atoms with Crippen molar-refractivity contribution in [1.29, 1.82) is 0 Å². The number of piperidine rings is 1. The lowest BCUT2D eigenvalue weighted by Gasteiger charge is -2.32. The molecule has 0 bridgehead atoms. The van der Waals surface area contributed by atoms with E-state index < -0.39 is 4.92 Å². The summed E-state index contributed by atoms with van der Waals surface area (Å²) < 4.78 is 5.04. The van der Waals surface area contributed by atoms with Crippen molar-refractivity contribution in [2.45, 2.75) is 31.7 Å². The first-order valence-electron chi connectivity index (χ1n) is 8.43. The minimum absolute atomic E-state index is 0.0937. The van der Waals surface area contributed by atoms with Gasteiger partial charge in [-0.1, -0.05) is 0 Å². The van der Waals surface area contributed by atoms with E-state index in [9.17, 15) is 14.9 Å². The molecule has 1 aromatic rings. The van der Waals surface area contributed by atoms with Crippen LogP contribution in [0.25, 0.3) is 0 Å². The number of methoxy groups -OCH3 is 1. The van der Waals surface area contributed by atoms with E-state index >= 15 is 0 Å². The summed E-state index contributed by atoms with van der Waals surface area (Å²) in [6.07, 6.45) is 4.57. The van der Waals surface area contributed by atoms with Gasteiger partial charge in [-0.05, 0) is 44.2 Å². The van der Waals surface area contributed by atoms with Crippen LogP contribution in [0.2, 0.25) is 0 Å². The van der Waals surface area contributed by atoms with Gasteiger partial charge in [0.25, 0.3) is 5.91 Å². The van der Waals surface area contributed by atoms with Gasteiger partial charge in [0, 0.05) is 36.8 Å². The molecule has 2 aliphatic rings. The van der Waals surface area contributed by atoms with Crippen LogP contribution in [0.4, 0.5) is 5.69 Å². The monoisotopic (exact) mass is 333 g/mol. The number of carbonyl (C=O) groups excluding carboxylic acids is 1. The van der Waals surface area contributed by atoms with Gasteiger partial charge in [0.15, 0.2) is 5.75 Å². The van der Waals surface area contributed by atoms with Gasteiger partial charge in [-0.2, -0.15) is 0 Å². The average molecular weight is 333 g/mol. The largest absolute Gasteiger partial charge is 0.490 e. The van der Waals surface area contributed by atoms with E-state index in [-0.39, 0.29) is 17.3 Å². The lowest BCUT2D eigenvalue weighted by atomic mass is 10.0. The second kappa shape index (κ2) is 7.17. The highest BCUT2D eigenvalue weighted by atomic mass is 16.6. The number of benzene rings is 1. The van der Waals surface area contributed by atoms with Gasteiger partial charge in [0.1, 0.15) is 0 Å². The summed E-state index contributed by atoms with van der Waals surface area (Å²) in [6, 6.07) is 4.77.